The van der Waals surface area contributed by atoms with Crippen molar-refractivity contribution in [1.82, 2.24) is 0 Å². The van der Waals surface area contributed by atoms with Crippen LogP contribution >= 0.6 is 0 Å². The summed E-state index contributed by atoms with van der Waals surface area (Å²) in [5.74, 6) is 0. The maximum atomic E-state index is 9.39. The SMILES string of the molecule is C[As](=O)(O)O.[Fe]. The van der Waals surface area contributed by atoms with E-state index < -0.39 is 14.2 Å². The number of hydrogen-bond acceptors (Lipinski definition) is 1. The third-order valence-corrected chi connectivity index (χ3v) is 0. The minimum atomic E-state index is -4.12. The van der Waals surface area contributed by atoms with Crippen molar-refractivity contribution in [2.75, 3.05) is 0 Å². The van der Waals surface area contributed by atoms with Crippen molar-refractivity contribution >= 4 is 14.2 Å². The van der Waals surface area contributed by atoms with Gasteiger partial charge in [-0.3, -0.25) is 0 Å². The Kier molecular flexibility index (Phi) is 4.78. The molecule has 0 aliphatic rings. The second-order valence-electron chi connectivity index (χ2n) is 0.835. The maximum Gasteiger partial charge on any atom is 0 e. The van der Waals surface area contributed by atoms with Crippen molar-refractivity contribution in [1.29, 1.82) is 0 Å². The van der Waals surface area contributed by atoms with Crippen LogP contribution in [-0.4, -0.2) is 22.4 Å². The molecule has 0 fully saturated rings. The summed E-state index contributed by atoms with van der Waals surface area (Å²) in [4.78, 5) is 0. The molecule has 0 spiro atoms. The van der Waals surface area contributed by atoms with Gasteiger partial charge in [0.1, 0.15) is 0 Å². The summed E-state index contributed by atoms with van der Waals surface area (Å²) in [6, 6.07) is 0. The first-order chi connectivity index (χ1) is 2.00. The maximum absolute atomic E-state index is 9.39. The van der Waals surface area contributed by atoms with E-state index in [0.717, 1.165) is 5.71 Å². The number of rotatable bonds is 0. The largest absolute Gasteiger partial charge is 0 e. The van der Waals surface area contributed by atoms with Gasteiger partial charge in [0.25, 0.3) is 0 Å². The van der Waals surface area contributed by atoms with Gasteiger partial charge >= 0.3 is 31.8 Å². The molecule has 0 saturated carbocycles. The van der Waals surface area contributed by atoms with Crippen molar-refractivity contribution in [2.24, 2.45) is 0 Å². The summed E-state index contributed by atoms with van der Waals surface area (Å²) < 4.78 is 24.8. The number of hydrogen-bond donors (Lipinski definition) is 2. The predicted molar refractivity (Wildman–Crippen MR) is 16.7 cm³/mol. The fourth-order valence-corrected chi connectivity index (χ4v) is 0. The minimum Gasteiger partial charge on any atom is 0 e. The van der Waals surface area contributed by atoms with Gasteiger partial charge in [-0.15, -0.1) is 0 Å². The minimum absolute atomic E-state index is 0. The molecule has 0 amide bonds. The van der Waals surface area contributed by atoms with Crippen LogP contribution in [0.3, 0.4) is 0 Å². The molecule has 0 aromatic carbocycles. The molecule has 0 aliphatic carbocycles. The molecule has 0 rings (SSSR count). The van der Waals surface area contributed by atoms with Gasteiger partial charge < -0.3 is 0 Å². The fourth-order valence-electron chi connectivity index (χ4n) is 0. The Balaban J connectivity index is 0. The first-order valence-corrected chi connectivity index (χ1v) is 5.35. The molecule has 0 aromatic heterocycles. The second-order valence-corrected chi connectivity index (χ2v) is 4.34. The Morgan fingerprint density at radius 3 is 1.50 bits per heavy atom. The molecule has 0 radical (unpaired) electrons. The van der Waals surface area contributed by atoms with Crippen molar-refractivity contribution in [2.45, 2.75) is 5.71 Å². The van der Waals surface area contributed by atoms with E-state index in [1.54, 1.807) is 0 Å². The van der Waals surface area contributed by atoms with Crippen LogP contribution in [0, 0.1) is 0 Å². The predicted octanol–water partition coefficient (Wildman–Crippen LogP) is -1.03. The molecule has 0 unspecified atom stereocenters. The van der Waals surface area contributed by atoms with E-state index in [-0.39, 0.29) is 17.1 Å². The Hall–Kier alpha value is 0.798. The van der Waals surface area contributed by atoms with Gasteiger partial charge in [0.05, 0.1) is 0 Å². The second kappa shape index (κ2) is 2.89. The smallest absolute Gasteiger partial charge is 0 e. The summed E-state index contributed by atoms with van der Waals surface area (Å²) in [5.41, 5.74) is 0.915. The van der Waals surface area contributed by atoms with E-state index in [2.05, 4.69) is 0 Å². The zero-order valence-corrected chi connectivity index (χ0v) is 6.08. The van der Waals surface area contributed by atoms with E-state index in [1.807, 2.05) is 0 Å². The summed E-state index contributed by atoms with van der Waals surface area (Å²) in [7, 11) is 0. The van der Waals surface area contributed by atoms with Crippen LogP contribution < -0.4 is 0 Å². The molecule has 0 aliphatic heterocycles. The van der Waals surface area contributed by atoms with Crippen molar-refractivity contribution in [3.63, 3.8) is 0 Å². The summed E-state index contributed by atoms with van der Waals surface area (Å²) in [6.07, 6.45) is 0. The fraction of sp³-hybridized carbons (Fsp3) is 1.00. The van der Waals surface area contributed by atoms with E-state index in [9.17, 15) is 3.74 Å². The Morgan fingerprint density at radius 2 is 1.50 bits per heavy atom. The van der Waals surface area contributed by atoms with E-state index in [4.69, 9.17) is 8.19 Å². The van der Waals surface area contributed by atoms with Gasteiger partial charge in [0.2, 0.25) is 0 Å². The summed E-state index contributed by atoms with van der Waals surface area (Å²) in [5, 5.41) is 0. The molecule has 40 valence electrons. The van der Waals surface area contributed by atoms with E-state index >= 15 is 0 Å². The third kappa shape index (κ3) is 109. The van der Waals surface area contributed by atoms with Crippen LogP contribution in [0.15, 0.2) is 0 Å². The van der Waals surface area contributed by atoms with Crippen LogP contribution in [0.4, 0.5) is 0 Å². The standard InChI is InChI=1S/CH5AsO3.Fe/c1-2(3,4)5;/h1H3,(H2,3,4,5);. The Labute approximate surface area is 49.2 Å². The van der Waals surface area contributed by atoms with E-state index in [0.29, 0.717) is 0 Å². The quantitative estimate of drug-likeness (QED) is 0.486. The molecule has 3 nitrogen and oxygen atoms in total. The Bertz CT molecular complexity index is 56.9. The average molecular weight is 196 g/mol. The zero-order valence-electron chi connectivity index (χ0n) is 3.10. The molecule has 6 heavy (non-hydrogen) atoms. The molecular weight excluding hydrogens is 191 g/mol. The molecule has 0 atom stereocenters. The normalized spacial score (nSPS) is 9.83. The summed E-state index contributed by atoms with van der Waals surface area (Å²) in [6.45, 7) is 0. The van der Waals surface area contributed by atoms with Gasteiger partial charge in [-0.25, -0.2) is 0 Å². The van der Waals surface area contributed by atoms with Crippen LogP contribution in [0.2, 0.25) is 5.71 Å². The van der Waals surface area contributed by atoms with Crippen molar-refractivity contribution < 1.29 is 29.0 Å². The van der Waals surface area contributed by atoms with Gasteiger partial charge in [-0.05, 0) is 0 Å². The van der Waals surface area contributed by atoms with Gasteiger partial charge in [0.15, 0.2) is 0 Å². The molecule has 0 bridgehead atoms. The third-order valence-electron chi connectivity index (χ3n) is 0. The monoisotopic (exact) mass is 196 g/mol. The molecule has 5 heteroatoms. The first-order valence-electron chi connectivity index (χ1n) is 1.03. The van der Waals surface area contributed by atoms with E-state index in [1.165, 1.54) is 0 Å². The Morgan fingerprint density at radius 1 is 1.50 bits per heavy atom. The molecule has 0 heterocycles. The van der Waals surface area contributed by atoms with Crippen LogP contribution in [0.1, 0.15) is 0 Å². The van der Waals surface area contributed by atoms with Gasteiger partial charge in [-0.2, -0.15) is 0 Å². The zero-order chi connectivity index (χ0) is 4.50. The van der Waals surface area contributed by atoms with Crippen LogP contribution in [0.5, 0.6) is 0 Å². The topological polar surface area (TPSA) is 57.5 Å². The first kappa shape index (κ1) is 9.93. The van der Waals surface area contributed by atoms with Crippen molar-refractivity contribution in [3.05, 3.63) is 0 Å². The average Bonchev–Trinajstić information content (AvgIpc) is 0.722. The van der Waals surface area contributed by atoms with Crippen LogP contribution in [-0.2, 0) is 20.8 Å². The molecule has 2 N–H and O–H groups in total. The molecule has 0 aromatic rings. The van der Waals surface area contributed by atoms with Gasteiger partial charge in [-0.1, -0.05) is 0 Å². The van der Waals surface area contributed by atoms with Gasteiger partial charge in [0, 0.05) is 17.1 Å². The van der Waals surface area contributed by atoms with Crippen molar-refractivity contribution in [3.8, 4) is 0 Å². The van der Waals surface area contributed by atoms with Crippen LogP contribution in [0.25, 0.3) is 0 Å². The summed E-state index contributed by atoms with van der Waals surface area (Å²) >= 11 is -4.12. The molecule has 0 saturated heterocycles. The molecular formula is CH5AsFeO3.